The largest absolute Gasteiger partial charge is 0.393 e. The number of Topliss-reactive ketones (excluding diaryl/α,β-unsaturated/α-hetero) is 1. The zero-order valence-corrected chi connectivity index (χ0v) is 17.1. The Morgan fingerprint density at radius 1 is 1.11 bits per heavy atom. The number of carbonyl (C=O) groups excluding carboxylic acids is 1. The number of fused-ring (bicyclic) bond motifs is 1. The Bertz CT molecular complexity index is 846. The molecular weight excluding hydrogens is 372 g/mol. The van der Waals surface area contributed by atoms with Crippen molar-refractivity contribution in [1.82, 2.24) is 4.90 Å². The van der Waals surface area contributed by atoms with Crippen molar-refractivity contribution in [2.45, 2.75) is 38.3 Å². The van der Waals surface area contributed by atoms with E-state index in [2.05, 4.69) is 24.8 Å². The summed E-state index contributed by atoms with van der Waals surface area (Å²) in [5, 5.41) is 11.4. The zero-order chi connectivity index (χ0) is 19.8. The van der Waals surface area contributed by atoms with Crippen LogP contribution < -0.4 is 4.90 Å². The lowest BCUT2D eigenvalue weighted by Crippen LogP contribution is -2.55. The van der Waals surface area contributed by atoms with Gasteiger partial charge >= 0.3 is 0 Å². The quantitative estimate of drug-likeness (QED) is 0.818. The number of aliphatic hydroxyl groups excluding tert-OH is 1. The van der Waals surface area contributed by atoms with Crippen LogP contribution in [0.5, 0.6) is 0 Å². The molecule has 1 fully saturated rings. The molecular formula is C23H27ClN2O2. The van der Waals surface area contributed by atoms with E-state index < -0.39 is 6.10 Å². The molecule has 0 amide bonds. The second kappa shape index (κ2) is 7.86. The Kier molecular flexibility index (Phi) is 5.46. The van der Waals surface area contributed by atoms with Gasteiger partial charge in [0.1, 0.15) is 0 Å². The maximum Gasteiger partial charge on any atom is 0.160 e. The number of aliphatic hydroxyl groups is 1. The van der Waals surface area contributed by atoms with Crippen LogP contribution in [0.3, 0.4) is 0 Å². The number of hydrogen-bond donors (Lipinski definition) is 1. The highest BCUT2D eigenvalue weighted by atomic mass is 35.5. The van der Waals surface area contributed by atoms with Crippen molar-refractivity contribution in [3.05, 3.63) is 59.1 Å². The second-order valence-corrected chi connectivity index (χ2v) is 8.69. The summed E-state index contributed by atoms with van der Waals surface area (Å²) >= 11 is 6.02. The first kappa shape index (κ1) is 19.4. The smallest absolute Gasteiger partial charge is 0.160 e. The van der Waals surface area contributed by atoms with E-state index in [0.29, 0.717) is 24.0 Å². The highest BCUT2D eigenvalue weighted by Gasteiger charge is 2.39. The van der Waals surface area contributed by atoms with E-state index in [4.69, 9.17) is 11.6 Å². The molecule has 28 heavy (non-hydrogen) atoms. The van der Waals surface area contributed by atoms with Crippen LogP contribution in [-0.2, 0) is 4.79 Å². The van der Waals surface area contributed by atoms with Crippen LogP contribution in [0.1, 0.15) is 31.7 Å². The van der Waals surface area contributed by atoms with Crippen LogP contribution in [-0.4, -0.2) is 47.6 Å². The summed E-state index contributed by atoms with van der Waals surface area (Å²) < 4.78 is 0. The van der Waals surface area contributed by atoms with Crippen molar-refractivity contribution in [2.75, 3.05) is 24.5 Å². The Hall–Kier alpha value is -1.88. The van der Waals surface area contributed by atoms with Gasteiger partial charge in [0.15, 0.2) is 5.78 Å². The molecule has 2 aliphatic rings. The van der Waals surface area contributed by atoms with Gasteiger partial charge in [0.2, 0.25) is 0 Å². The molecule has 148 valence electrons. The molecule has 2 aromatic carbocycles. The predicted molar refractivity (Wildman–Crippen MR) is 113 cm³/mol. The number of hydrogen-bond acceptors (Lipinski definition) is 4. The third-order valence-corrected chi connectivity index (χ3v) is 6.39. The van der Waals surface area contributed by atoms with Gasteiger partial charge in [0.05, 0.1) is 12.6 Å². The summed E-state index contributed by atoms with van der Waals surface area (Å²) in [4.78, 5) is 17.5. The zero-order valence-electron chi connectivity index (χ0n) is 16.4. The SMILES string of the molecule is CC(C)N1CC(C(O)CC2C(=O)CN(c3ccc(Cl)cc3)c3ccccc32)C1. The fourth-order valence-electron chi connectivity index (χ4n) is 4.31. The number of para-hydroxylation sites is 1. The molecule has 2 aromatic rings. The Morgan fingerprint density at radius 3 is 2.46 bits per heavy atom. The molecule has 0 spiro atoms. The van der Waals surface area contributed by atoms with Crippen molar-refractivity contribution < 1.29 is 9.90 Å². The highest BCUT2D eigenvalue weighted by molar-refractivity contribution is 6.30. The third kappa shape index (κ3) is 3.69. The van der Waals surface area contributed by atoms with Gasteiger partial charge in [-0.05, 0) is 56.2 Å². The van der Waals surface area contributed by atoms with Gasteiger partial charge in [-0.3, -0.25) is 4.79 Å². The maximum absolute atomic E-state index is 13.1. The van der Waals surface area contributed by atoms with E-state index in [1.807, 2.05) is 47.4 Å². The average molecular weight is 399 g/mol. The lowest BCUT2D eigenvalue weighted by molar-refractivity contribution is -0.120. The van der Waals surface area contributed by atoms with Crippen LogP contribution in [0, 0.1) is 5.92 Å². The van der Waals surface area contributed by atoms with E-state index in [1.165, 1.54) is 0 Å². The van der Waals surface area contributed by atoms with Gasteiger partial charge in [0, 0.05) is 47.4 Å². The number of benzene rings is 2. The summed E-state index contributed by atoms with van der Waals surface area (Å²) in [5.74, 6) is 0.173. The number of ketones is 1. The summed E-state index contributed by atoms with van der Waals surface area (Å²) in [7, 11) is 0. The first-order valence-corrected chi connectivity index (χ1v) is 10.4. The number of anilines is 2. The molecule has 4 nitrogen and oxygen atoms in total. The number of likely N-dealkylation sites (tertiary alicyclic amines) is 1. The molecule has 5 heteroatoms. The van der Waals surface area contributed by atoms with Crippen LogP contribution in [0.2, 0.25) is 5.02 Å². The van der Waals surface area contributed by atoms with Crippen LogP contribution in [0.25, 0.3) is 0 Å². The summed E-state index contributed by atoms with van der Waals surface area (Å²) in [5.41, 5.74) is 3.00. The minimum absolute atomic E-state index is 0.160. The van der Waals surface area contributed by atoms with E-state index in [0.717, 1.165) is 30.0 Å². The molecule has 2 aliphatic heterocycles. The van der Waals surface area contributed by atoms with E-state index >= 15 is 0 Å². The number of nitrogens with zero attached hydrogens (tertiary/aromatic N) is 2. The molecule has 0 saturated carbocycles. The fourth-order valence-corrected chi connectivity index (χ4v) is 4.44. The molecule has 0 bridgehead atoms. The Balaban J connectivity index is 1.55. The minimum Gasteiger partial charge on any atom is -0.393 e. The maximum atomic E-state index is 13.1. The highest BCUT2D eigenvalue weighted by Crippen LogP contribution is 2.41. The first-order valence-electron chi connectivity index (χ1n) is 10.0. The lowest BCUT2D eigenvalue weighted by Gasteiger charge is -2.45. The van der Waals surface area contributed by atoms with E-state index in [9.17, 15) is 9.90 Å². The second-order valence-electron chi connectivity index (χ2n) is 8.25. The van der Waals surface area contributed by atoms with Gasteiger partial charge in [-0.25, -0.2) is 0 Å². The molecule has 2 unspecified atom stereocenters. The van der Waals surface area contributed by atoms with Gasteiger partial charge < -0.3 is 14.9 Å². The van der Waals surface area contributed by atoms with Gasteiger partial charge in [-0.1, -0.05) is 29.8 Å². The molecule has 1 N–H and O–H groups in total. The third-order valence-electron chi connectivity index (χ3n) is 6.13. The van der Waals surface area contributed by atoms with Gasteiger partial charge in [0.25, 0.3) is 0 Å². The van der Waals surface area contributed by atoms with Gasteiger partial charge in [-0.2, -0.15) is 0 Å². The summed E-state index contributed by atoms with van der Waals surface area (Å²) in [6, 6.07) is 16.1. The number of halogens is 1. The van der Waals surface area contributed by atoms with Crippen molar-refractivity contribution in [2.24, 2.45) is 5.92 Å². The molecule has 2 atom stereocenters. The first-order chi connectivity index (χ1) is 13.4. The molecule has 2 heterocycles. The normalized spacial score (nSPS) is 21.5. The monoisotopic (exact) mass is 398 g/mol. The molecule has 0 aromatic heterocycles. The lowest BCUT2D eigenvalue weighted by atomic mass is 9.80. The van der Waals surface area contributed by atoms with Crippen molar-refractivity contribution in [1.29, 1.82) is 0 Å². The minimum atomic E-state index is -0.445. The standard InChI is InChI=1S/C23H27ClN2O2/c1-15(2)25-12-16(13-25)22(27)11-20-19-5-3-4-6-21(19)26(14-23(20)28)18-9-7-17(24)8-10-18/h3-10,15-16,20,22,27H,11-14H2,1-2H3. The molecule has 4 rings (SSSR count). The number of rotatable bonds is 5. The molecule has 0 aliphatic carbocycles. The average Bonchev–Trinajstić information content (AvgIpc) is 2.63. The van der Waals surface area contributed by atoms with Crippen LogP contribution in [0.4, 0.5) is 11.4 Å². The van der Waals surface area contributed by atoms with E-state index in [-0.39, 0.29) is 17.6 Å². The van der Waals surface area contributed by atoms with Crippen LogP contribution >= 0.6 is 11.6 Å². The van der Waals surface area contributed by atoms with Crippen molar-refractivity contribution in [3.8, 4) is 0 Å². The van der Waals surface area contributed by atoms with Gasteiger partial charge in [-0.15, -0.1) is 0 Å². The Morgan fingerprint density at radius 2 is 1.79 bits per heavy atom. The van der Waals surface area contributed by atoms with Crippen molar-refractivity contribution >= 4 is 28.8 Å². The van der Waals surface area contributed by atoms with Crippen molar-refractivity contribution in [3.63, 3.8) is 0 Å². The molecule has 0 radical (unpaired) electrons. The molecule has 1 saturated heterocycles. The summed E-state index contributed by atoms with van der Waals surface area (Å²) in [6.07, 6.45) is 0.0556. The number of carbonyl (C=O) groups is 1. The Labute approximate surface area is 171 Å². The van der Waals surface area contributed by atoms with E-state index in [1.54, 1.807) is 0 Å². The summed E-state index contributed by atoms with van der Waals surface area (Å²) in [6.45, 7) is 6.50. The van der Waals surface area contributed by atoms with Crippen LogP contribution in [0.15, 0.2) is 48.5 Å². The predicted octanol–water partition coefficient (Wildman–Crippen LogP) is 4.24. The topological polar surface area (TPSA) is 43.8 Å². The fraction of sp³-hybridized carbons (Fsp3) is 0.435.